The van der Waals surface area contributed by atoms with Gasteiger partial charge in [-0.3, -0.25) is 9.47 Å². The number of aryl methyl sites for hydroxylation is 2. The summed E-state index contributed by atoms with van der Waals surface area (Å²) in [5, 5.41) is 19.2. The molecule has 8 nitrogen and oxygen atoms in total. The van der Waals surface area contributed by atoms with E-state index in [0.717, 1.165) is 60.0 Å². The molecule has 1 saturated carbocycles. The zero-order chi connectivity index (χ0) is 22.4. The molecule has 5 rings (SSSR count). The van der Waals surface area contributed by atoms with Gasteiger partial charge in [-0.15, -0.1) is 10.2 Å². The largest absolute Gasteiger partial charge is 0.465 e. The highest BCUT2D eigenvalue weighted by Gasteiger charge is 2.32. The Morgan fingerprint density at radius 1 is 1.00 bits per heavy atom. The quantitative estimate of drug-likeness (QED) is 0.601. The monoisotopic (exact) mass is 452 g/mol. The lowest BCUT2D eigenvalue weighted by atomic mass is 9.81. The number of amides is 1. The number of rotatable bonds is 2. The molecule has 9 heteroatoms. The number of benzene rings is 1. The first kappa shape index (κ1) is 20.9. The molecule has 0 saturated heterocycles. The van der Waals surface area contributed by atoms with E-state index in [2.05, 4.69) is 20.2 Å². The highest BCUT2D eigenvalue weighted by atomic mass is 35.5. The number of aromatic nitrogens is 5. The molecule has 0 unspecified atom stereocenters. The van der Waals surface area contributed by atoms with Gasteiger partial charge in [0.1, 0.15) is 11.6 Å². The van der Waals surface area contributed by atoms with E-state index in [4.69, 9.17) is 11.6 Å². The molecule has 0 spiro atoms. The summed E-state index contributed by atoms with van der Waals surface area (Å²) in [6.07, 6.45) is 2.92. The first-order chi connectivity index (χ1) is 15.4. The van der Waals surface area contributed by atoms with Crippen LogP contribution < -0.4 is 0 Å². The van der Waals surface area contributed by atoms with Crippen LogP contribution in [0.5, 0.6) is 0 Å². The average molecular weight is 453 g/mol. The van der Waals surface area contributed by atoms with Gasteiger partial charge in [0.25, 0.3) is 0 Å². The van der Waals surface area contributed by atoms with E-state index in [-0.39, 0.29) is 19.0 Å². The van der Waals surface area contributed by atoms with E-state index >= 15 is 0 Å². The van der Waals surface area contributed by atoms with Gasteiger partial charge in [0, 0.05) is 28.2 Å². The van der Waals surface area contributed by atoms with Gasteiger partial charge in [0.15, 0.2) is 5.82 Å². The third-order valence-corrected chi connectivity index (χ3v) is 6.69. The van der Waals surface area contributed by atoms with Crippen LogP contribution in [-0.4, -0.2) is 40.8 Å². The Morgan fingerprint density at radius 3 is 2.38 bits per heavy atom. The Hall–Kier alpha value is -3.00. The predicted octanol–water partition coefficient (Wildman–Crippen LogP) is 4.76. The molecule has 32 heavy (non-hydrogen) atoms. The van der Waals surface area contributed by atoms with Gasteiger partial charge in [-0.05, 0) is 69.4 Å². The van der Waals surface area contributed by atoms with Crippen molar-refractivity contribution in [2.45, 2.75) is 64.5 Å². The maximum atomic E-state index is 11.8. The number of nitrogens with zero attached hydrogens (tertiary/aromatic N) is 6. The zero-order valence-corrected chi connectivity index (χ0v) is 18.9. The van der Waals surface area contributed by atoms with E-state index in [1.807, 2.05) is 42.7 Å². The Balaban J connectivity index is 1.45. The van der Waals surface area contributed by atoms with Crippen LogP contribution in [0.1, 0.15) is 71.9 Å². The fourth-order valence-corrected chi connectivity index (χ4v) is 5.17. The van der Waals surface area contributed by atoms with Crippen molar-refractivity contribution in [3.05, 3.63) is 63.7 Å². The molecule has 1 aliphatic heterocycles. The average Bonchev–Trinajstić information content (AvgIpc) is 3.08. The fraction of sp³-hybridized carbons (Fsp3) is 0.435. The lowest BCUT2D eigenvalue weighted by Crippen LogP contribution is -2.27. The van der Waals surface area contributed by atoms with Crippen LogP contribution in [0.3, 0.4) is 0 Å². The van der Waals surface area contributed by atoms with Crippen molar-refractivity contribution in [2.24, 2.45) is 0 Å². The summed E-state index contributed by atoms with van der Waals surface area (Å²) >= 11 is 6.22. The normalized spacial score (nSPS) is 20.4. The van der Waals surface area contributed by atoms with Crippen LogP contribution in [-0.2, 0) is 13.1 Å². The van der Waals surface area contributed by atoms with Crippen molar-refractivity contribution in [3.8, 4) is 5.69 Å². The highest BCUT2D eigenvalue weighted by molar-refractivity contribution is 6.30. The maximum absolute atomic E-state index is 11.8. The van der Waals surface area contributed by atoms with Crippen molar-refractivity contribution >= 4 is 17.7 Å². The topological polar surface area (TPSA) is 97.0 Å². The Kier molecular flexibility index (Phi) is 5.33. The standard InChI is InChI=1S/C23H25ClN6O2/c1-13-9-14(2)26-21(25-13)15-3-5-16(6-4-15)22-28-27-20-12-29(23(31)32)11-17-10-18(24)7-8-19(17)30(20)22/h7-10,15-16H,3-6,11-12H2,1-2H3,(H,31,32). The maximum Gasteiger partial charge on any atom is 0.408 e. The number of hydrogen-bond donors (Lipinski definition) is 1. The molecule has 3 heterocycles. The molecule has 1 aromatic carbocycles. The van der Waals surface area contributed by atoms with Crippen LogP contribution in [0.15, 0.2) is 24.3 Å². The smallest absolute Gasteiger partial charge is 0.408 e. The molecular formula is C23H25ClN6O2. The second-order valence-electron chi connectivity index (χ2n) is 8.78. The Labute approximate surface area is 191 Å². The molecule has 1 fully saturated rings. The van der Waals surface area contributed by atoms with Gasteiger partial charge in [0.05, 0.1) is 18.8 Å². The SMILES string of the molecule is Cc1cc(C)nc(C2CCC(c3nnc4n3-c3ccc(Cl)cc3CN(C(=O)O)C4)CC2)n1. The van der Waals surface area contributed by atoms with Crippen molar-refractivity contribution in [1.82, 2.24) is 29.6 Å². The zero-order valence-electron chi connectivity index (χ0n) is 18.1. The van der Waals surface area contributed by atoms with E-state index in [1.165, 1.54) is 4.90 Å². The number of hydrogen-bond acceptors (Lipinski definition) is 5. The Morgan fingerprint density at radius 2 is 1.69 bits per heavy atom. The first-order valence-corrected chi connectivity index (χ1v) is 11.3. The summed E-state index contributed by atoms with van der Waals surface area (Å²) in [4.78, 5) is 22.5. The molecule has 1 amide bonds. The first-order valence-electron chi connectivity index (χ1n) is 10.9. The number of carbonyl (C=O) groups is 1. The predicted molar refractivity (Wildman–Crippen MR) is 119 cm³/mol. The lowest BCUT2D eigenvalue weighted by molar-refractivity contribution is 0.139. The molecule has 0 atom stereocenters. The van der Waals surface area contributed by atoms with Crippen LogP contribution in [0, 0.1) is 13.8 Å². The van der Waals surface area contributed by atoms with Crippen molar-refractivity contribution in [2.75, 3.05) is 0 Å². The molecule has 1 N–H and O–H groups in total. The third kappa shape index (κ3) is 3.83. The van der Waals surface area contributed by atoms with Gasteiger partial charge >= 0.3 is 6.09 Å². The van der Waals surface area contributed by atoms with E-state index < -0.39 is 6.09 Å². The van der Waals surface area contributed by atoms with Crippen LogP contribution >= 0.6 is 11.6 Å². The molecule has 0 radical (unpaired) electrons. The number of carboxylic acid groups (broad SMARTS) is 1. The van der Waals surface area contributed by atoms with Crippen LogP contribution in [0.4, 0.5) is 4.79 Å². The third-order valence-electron chi connectivity index (χ3n) is 6.46. The number of fused-ring (bicyclic) bond motifs is 3. The van der Waals surface area contributed by atoms with Gasteiger partial charge in [-0.25, -0.2) is 14.8 Å². The highest BCUT2D eigenvalue weighted by Crippen LogP contribution is 2.40. The molecule has 2 aliphatic rings. The van der Waals surface area contributed by atoms with Gasteiger partial charge in [0.2, 0.25) is 0 Å². The van der Waals surface area contributed by atoms with Crippen LogP contribution in [0.25, 0.3) is 5.69 Å². The molecule has 0 bridgehead atoms. The van der Waals surface area contributed by atoms with Crippen molar-refractivity contribution < 1.29 is 9.90 Å². The summed E-state index contributed by atoms with van der Waals surface area (Å²) in [6, 6.07) is 7.61. The van der Waals surface area contributed by atoms with Crippen molar-refractivity contribution in [3.63, 3.8) is 0 Å². The lowest BCUT2D eigenvalue weighted by Gasteiger charge is -2.28. The minimum atomic E-state index is -0.983. The Bertz CT molecular complexity index is 1160. The van der Waals surface area contributed by atoms with E-state index in [0.29, 0.717) is 16.8 Å². The molecule has 166 valence electrons. The minimum absolute atomic E-state index is 0.195. The number of halogens is 1. The summed E-state index contributed by atoms with van der Waals surface area (Å²) < 4.78 is 2.05. The summed E-state index contributed by atoms with van der Waals surface area (Å²) in [5.41, 5.74) is 3.79. The molecule has 1 aliphatic carbocycles. The molecule has 3 aromatic rings. The van der Waals surface area contributed by atoms with Gasteiger partial charge in [-0.1, -0.05) is 11.6 Å². The second-order valence-corrected chi connectivity index (χ2v) is 9.22. The molecule has 2 aromatic heterocycles. The summed E-state index contributed by atoms with van der Waals surface area (Å²) in [5.74, 6) is 3.08. The van der Waals surface area contributed by atoms with Gasteiger partial charge < -0.3 is 5.11 Å². The summed E-state index contributed by atoms with van der Waals surface area (Å²) in [6.45, 7) is 4.49. The second kappa shape index (κ2) is 8.16. The van der Waals surface area contributed by atoms with E-state index in [9.17, 15) is 9.90 Å². The van der Waals surface area contributed by atoms with E-state index in [1.54, 1.807) is 0 Å². The van der Waals surface area contributed by atoms with Crippen molar-refractivity contribution in [1.29, 1.82) is 0 Å². The molecular weight excluding hydrogens is 428 g/mol. The minimum Gasteiger partial charge on any atom is -0.465 e. The fourth-order valence-electron chi connectivity index (χ4n) is 4.97. The van der Waals surface area contributed by atoms with Crippen LogP contribution in [0.2, 0.25) is 5.02 Å². The van der Waals surface area contributed by atoms with Gasteiger partial charge in [-0.2, -0.15) is 0 Å². The summed E-state index contributed by atoms with van der Waals surface area (Å²) in [7, 11) is 0.